The molecule has 0 saturated heterocycles. The molecule has 1 amide bonds. The lowest BCUT2D eigenvalue weighted by atomic mass is 10.2. The maximum atomic E-state index is 13.1. The number of nitrogens with one attached hydrogen (secondary N) is 1. The Morgan fingerprint density at radius 3 is 2.65 bits per heavy atom. The highest BCUT2D eigenvalue weighted by Crippen LogP contribution is 2.20. The molecule has 0 atom stereocenters. The van der Waals surface area contributed by atoms with Crippen LogP contribution in [0.25, 0.3) is 17.0 Å². The van der Waals surface area contributed by atoms with Crippen LogP contribution in [0.1, 0.15) is 24.2 Å². The van der Waals surface area contributed by atoms with Gasteiger partial charge < -0.3 is 5.32 Å². The molecule has 23 heavy (non-hydrogen) atoms. The van der Waals surface area contributed by atoms with E-state index in [2.05, 4.69) is 15.5 Å². The fourth-order valence-electron chi connectivity index (χ4n) is 2.28. The van der Waals surface area contributed by atoms with Crippen molar-refractivity contribution in [2.45, 2.75) is 13.8 Å². The summed E-state index contributed by atoms with van der Waals surface area (Å²) in [4.78, 5) is 12.3. The van der Waals surface area contributed by atoms with Gasteiger partial charge in [-0.3, -0.25) is 9.20 Å². The van der Waals surface area contributed by atoms with Crippen molar-refractivity contribution in [3.8, 4) is 11.4 Å². The van der Waals surface area contributed by atoms with Crippen molar-refractivity contribution >= 4 is 11.6 Å². The van der Waals surface area contributed by atoms with Gasteiger partial charge in [-0.15, -0.1) is 10.2 Å². The van der Waals surface area contributed by atoms with Gasteiger partial charge in [0, 0.05) is 18.3 Å². The first-order valence-electron chi connectivity index (χ1n) is 7.44. The molecule has 0 fully saturated rings. The topological polar surface area (TPSA) is 59.3 Å². The van der Waals surface area contributed by atoms with Crippen LogP contribution in [0.15, 0.2) is 42.6 Å². The number of rotatable bonds is 4. The highest BCUT2D eigenvalue weighted by molar-refractivity contribution is 5.99. The third-order valence-corrected chi connectivity index (χ3v) is 3.45. The SMILES string of the molecule is CC(C)CNC(=O)c1cccn2c(-c3ccc(F)cc3)nnc12. The average molecular weight is 312 g/mol. The average Bonchev–Trinajstić information content (AvgIpc) is 2.97. The first-order chi connectivity index (χ1) is 11.1. The molecule has 2 aromatic heterocycles. The lowest BCUT2D eigenvalue weighted by Gasteiger charge is -2.08. The van der Waals surface area contributed by atoms with E-state index in [0.29, 0.717) is 29.5 Å². The summed E-state index contributed by atoms with van der Waals surface area (Å²) in [5, 5.41) is 11.1. The maximum absolute atomic E-state index is 13.1. The van der Waals surface area contributed by atoms with E-state index in [1.165, 1.54) is 12.1 Å². The molecule has 0 aliphatic carbocycles. The summed E-state index contributed by atoms with van der Waals surface area (Å²) in [6.07, 6.45) is 1.78. The normalized spacial score (nSPS) is 11.1. The lowest BCUT2D eigenvalue weighted by molar-refractivity contribution is 0.0950. The number of amides is 1. The van der Waals surface area contributed by atoms with Gasteiger partial charge in [-0.05, 0) is 42.3 Å². The minimum Gasteiger partial charge on any atom is -0.352 e. The van der Waals surface area contributed by atoms with E-state index >= 15 is 0 Å². The van der Waals surface area contributed by atoms with E-state index in [-0.39, 0.29) is 11.7 Å². The van der Waals surface area contributed by atoms with E-state index in [1.54, 1.807) is 34.9 Å². The van der Waals surface area contributed by atoms with Gasteiger partial charge in [-0.2, -0.15) is 0 Å². The molecule has 2 heterocycles. The molecule has 0 radical (unpaired) electrons. The van der Waals surface area contributed by atoms with Crippen LogP contribution >= 0.6 is 0 Å². The number of carbonyl (C=O) groups is 1. The monoisotopic (exact) mass is 312 g/mol. The summed E-state index contributed by atoms with van der Waals surface area (Å²) < 4.78 is 14.8. The van der Waals surface area contributed by atoms with Crippen molar-refractivity contribution in [3.63, 3.8) is 0 Å². The van der Waals surface area contributed by atoms with Crippen LogP contribution in [-0.4, -0.2) is 27.0 Å². The number of hydrogen-bond acceptors (Lipinski definition) is 3. The smallest absolute Gasteiger partial charge is 0.255 e. The van der Waals surface area contributed by atoms with Gasteiger partial charge in [0.2, 0.25) is 0 Å². The van der Waals surface area contributed by atoms with Crippen molar-refractivity contribution < 1.29 is 9.18 Å². The Kier molecular flexibility index (Phi) is 4.06. The summed E-state index contributed by atoms with van der Waals surface area (Å²) in [5.41, 5.74) is 1.68. The fraction of sp³-hybridized carbons (Fsp3) is 0.235. The number of pyridine rings is 1. The Bertz CT molecular complexity index is 839. The Hall–Kier alpha value is -2.76. The highest BCUT2D eigenvalue weighted by atomic mass is 19.1. The zero-order chi connectivity index (χ0) is 16.4. The van der Waals surface area contributed by atoms with Gasteiger partial charge in [0.25, 0.3) is 5.91 Å². The van der Waals surface area contributed by atoms with Gasteiger partial charge in [0.05, 0.1) is 5.56 Å². The van der Waals surface area contributed by atoms with Crippen LogP contribution in [-0.2, 0) is 0 Å². The molecule has 0 aliphatic heterocycles. The second kappa shape index (κ2) is 6.16. The molecule has 3 aromatic rings. The lowest BCUT2D eigenvalue weighted by Crippen LogP contribution is -2.27. The predicted octanol–water partition coefficient (Wildman–Crippen LogP) is 2.92. The van der Waals surface area contributed by atoms with Crippen LogP contribution in [0.5, 0.6) is 0 Å². The van der Waals surface area contributed by atoms with E-state index in [1.807, 2.05) is 13.8 Å². The van der Waals surface area contributed by atoms with Gasteiger partial charge in [0.15, 0.2) is 11.5 Å². The molecule has 0 bridgehead atoms. The van der Waals surface area contributed by atoms with E-state index in [0.717, 1.165) is 5.56 Å². The van der Waals surface area contributed by atoms with E-state index in [9.17, 15) is 9.18 Å². The third-order valence-electron chi connectivity index (χ3n) is 3.45. The van der Waals surface area contributed by atoms with E-state index < -0.39 is 0 Å². The number of nitrogens with zero attached hydrogens (tertiary/aromatic N) is 3. The van der Waals surface area contributed by atoms with Crippen molar-refractivity contribution in [3.05, 3.63) is 54.0 Å². The zero-order valence-electron chi connectivity index (χ0n) is 13.0. The minimum absolute atomic E-state index is 0.178. The van der Waals surface area contributed by atoms with Crippen molar-refractivity contribution in [2.24, 2.45) is 5.92 Å². The molecular formula is C17H17FN4O. The largest absolute Gasteiger partial charge is 0.352 e. The maximum Gasteiger partial charge on any atom is 0.255 e. The highest BCUT2D eigenvalue weighted by Gasteiger charge is 2.15. The molecule has 0 spiro atoms. The first-order valence-corrected chi connectivity index (χ1v) is 7.44. The first kappa shape index (κ1) is 15.1. The number of benzene rings is 1. The van der Waals surface area contributed by atoms with Crippen LogP contribution in [0.4, 0.5) is 4.39 Å². The Balaban J connectivity index is 2.00. The summed E-state index contributed by atoms with van der Waals surface area (Å²) in [7, 11) is 0. The molecule has 3 rings (SSSR count). The molecule has 0 aliphatic rings. The van der Waals surface area contributed by atoms with Crippen LogP contribution in [0, 0.1) is 11.7 Å². The summed E-state index contributed by atoms with van der Waals surface area (Å²) in [6, 6.07) is 9.50. The molecular weight excluding hydrogens is 295 g/mol. The number of carbonyl (C=O) groups excluding carboxylic acids is 1. The van der Waals surface area contributed by atoms with Crippen molar-refractivity contribution in [1.29, 1.82) is 0 Å². The second-order valence-electron chi connectivity index (χ2n) is 5.75. The molecule has 1 N–H and O–H groups in total. The minimum atomic E-state index is -0.309. The number of aromatic nitrogens is 3. The molecule has 0 unspecified atom stereocenters. The molecule has 118 valence electrons. The van der Waals surface area contributed by atoms with Crippen LogP contribution in [0.2, 0.25) is 0 Å². The Morgan fingerprint density at radius 1 is 1.22 bits per heavy atom. The van der Waals surface area contributed by atoms with Gasteiger partial charge in [-0.1, -0.05) is 13.8 Å². The summed E-state index contributed by atoms with van der Waals surface area (Å²) in [6.45, 7) is 4.66. The Morgan fingerprint density at radius 2 is 1.96 bits per heavy atom. The molecule has 1 aromatic carbocycles. The number of fused-ring (bicyclic) bond motifs is 1. The van der Waals surface area contributed by atoms with Gasteiger partial charge in [0.1, 0.15) is 5.82 Å². The van der Waals surface area contributed by atoms with Gasteiger partial charge >= 0.3 is 0 Å². The Labute approximate surface area is 133 Å². The molecule has 0 saturated carbocycles. The fourth-order valence-corrected chi connectivity index (χ4v) is 2.28. The van der Waals surface area contributed by atoms with Crippen LogP contribution in [0.3, 0.4) is 0 Å². The second-order valence-corrected chi connectivity index (χ2v) is 5.75. The number of hydrogen-bond donors (Lipinski definition) is 1. The summed E-state index contributed by atoms with van der Waals surface area (Å²) >= 11 is 0. The molecule has 5 nitrogen and oxygen atoms in total. The standard InChI is InChI=1S/C17H17FN4O/c1-11(2)10-19-17(23)14-4-3-9-22-15(20-21-16(14)22)12-5-7-13(18)8-6-12/h3-9,11H,10H2,1-2H3,(H,19,23). The summed E-state index contributed by atoms with van der Waals surface area (Å²) in [5.74, 6) is 0.448. The molecule has 6 heteroatoms. The number of halogens is 1. The zero-order valence-corrected chi connectivity index (χ0v) is 13.0. The van der Waals surface area contributed by atoms with Gasteiger partial charge in [-0.25, -0.2) is 4.39 Å². The van der Waals surface area contributed by atoms with Crippen molar-refractivity contribution in [1.82, 2.24) is 19.9 Å². The van der Waals surface area contributed by atoms with E-state index in [4.69, 9.17) is 0 Å². The van der Waals surface area contributed by atoms with Crippen LogP contribution < -0.4 is 5.32 Å². The quantitative estimate of drug-likeness (QED) is 0.806. The predicted molar refractivity (Wildman–Crippen MR) is 85.6 cm³/mol. The third kappa shape index (κ3) is 3.06. The van der Waals surface area contributed by atoms with Crippen molar-refractivity contribution in [2.75, 3.05) is 6.54 Å².